The first-order valence-corrected chi connectivity index (χ1v) is 8.57. The molecule has 0 spiro atoms. The van der Waals surface area contributed by atoms with E-state index in [4.69, 9.17) is 19.0 Å². The summed E-state index contributed by atoms with van der Waals surface area (Å²) in [7, 11) is 2.88. The van der Waals surface area contributed by atoms with Crippen LogP contribution in [0.25, 0.3) is 5.70 Å². The Morgan fingerprint density at radius 3 is 2.52 bits per heavy atom. The largest absolute Gasteiger partial charge is 0.493 e. The molecule has 0 fully saturated rings. The van der Waals surface area contributed by atoms with Gasteiger partial charge in [-0.1, -0.05) is 29.8 Å². The van der Waals surface area contributed by atoms with Crippen LogP contribution in [0.2, 0.25) is 0 Å². The highest BCUT2D eigenvalue weighted by atomic mass is 16.7. The molecule has 6 nitrogen and oxygen atoms in total. The third-order valence-corrected chi connectivity index (χ3v) is 4.31. The molecule has 1 aliphatic heterocycles. The Balaban J connectivity index is 1.76. The van der Waals surface area contributed by atoms with Crippen LogP contribution in [0.5, 0.6) is 11.5 Å². The molecular formula is C21H23NO5. The summed E-state index contributed by atoms with van der Waals surface area (Å²) in [4.78, 5) is 17.5. The molecule has 0 saturated heterocycles. The molecule has 2 aromatic rings. The van der Waals surface area contributed by atoms with Crippen molar-refractivity contribution in [3.8, 4) is 11.5 Å². The Morgan fingerprint density at radius 1 is 1.11 bits per heavy atom. The molecule has 1 heterocycles. The Hall–Kier alpha value is -2.99. The number of nitrogens with one attached hydrogen (secondary N) is 1. The number of hydrogen-bond acceptors (Lipinski definition) is 6. The summed E-state index contributed by atoms with van der Waals surface area (Å²) in [6.45, 7) is 4.19. The zero-order valence-corrected chi connectivity index (χ0v) is 15.9. The lowest BCUT2D eigenvalue weighted by molar-refractivity contribution is -0.0476. The Morgan fingerprint density at radius 2 is 1.85 bits per heavy atom. The second-order valence-corrected chi connectivity index (χ2v) is 6.59. The van der Waals surface area contributed by atoms with E-state index in [2.05, 4.69) is 5.48 Å². The Labute approximate surface area is 158 Å². The highest BCUT2D eigenvalue weighted by Crippen LogP contribution is 2.31. The van der Waals surface area contributed by atoms with Gasteiger partial charge in [-0.15, -0.1) is 0 Å². The van der Waals surface area contributed by atoms with Gasteiger partial charge in [0.05, 0.1) is 25.5 Å². The monoisotopic (exact) mass is 369 g/mol. The van der Waals surface area contributed by atoms with E-state index >= 15 is 0 Å². The lowest BCUT2D eigenvalue weighted by atomic mass is 10.0. The van der Waals surface area contributed by atoms with Gasteiger partial charge < -0.3 is 14.2 Å². The summed E-state index contributed by atoms with van der Waals surface area (Å²) < 4.78 is 16.0. The van der Waals surface area contributed by atoms with Crippen LogP contribution in [0, 0.1) is 6.92 Å². The average molecular weight is 369 g/mol. The van der Waals surface area contributed by atoms with Crippen LogP contribution < -0.4 is 15.0 Å². The van der Waals surface area contributed by atoms with Gasteiger partial charge in [0.15, 0.2) is 11.5 Å². The van der Waals surface area contributed by atoms with Crippen molar-refractivity contribution in [2.24, 2.45) is 0 Å². The number of esters is 1. The lowest BCUT2D eigenvalue weighted by Crippen LogP contribution is -2.33. The van der Waals surface area contributed by atoms with Gasteiger partial charge in [0.2, 0.25) is 0 Å². The van der Waals surface area contributed by atoms with E-state index in [9.17, 15) is 4.79 Å². The number of rotatable bonds is 6. The van der Waals surface area contributed by atoms with Gasteiger partial charge in [-0.2, -0.15) is 0 Å². The quantitative estimate of drug-likeness (QED) is 0.786. The van der Waals surface area contributed by atoms with Crippen molar-refractivity contribution in [2.45, 2.75) is 19.4 Å². The molecule has 0 bridgehead atoms. The van der Waals surface area contributed by atoms with E-state index in [0.717, 1.165) is 11.3 Å². The molecular weight excluding hydrogens is 346 g/mol. The number of methoxy groups -OCH3 is 2. The normalized spacial score (nSPS) is 18.4. The fourth-order valence-corrected chi connectivity index (χ4v) is 2.74. The summed E-state index contributed by atoms with van der Waals surface area (Å²) in [5, 5.41) is 0. The molecule has 142 valence electrons. The fourth-order valence-electron chi connectivity index (χ4n) is 2.74. The second-order valence-electron chi connectivity index (χ2n) is 6.59. The van der Waals surface area contributed by atoms with E-state index in [-0.39, 0.29) is 6.61 Å². The molecule has 0 saturated carbocycles. The molecule has 0 aliphatic carbocycles. The van der Waals surface area contributed by atoms with Crippen molar-refractivity contribution < 1.29 is 23.8 Å². The van der Waals surface area contributed by atoms with Crippen molar-refractivity contribution in [3.63, 3.8) is 0 Å². The van der Waals surface area contributed by atoms with Gasteiger partial charge in [0.25, 0.3) is 0 Å². The average Bonchev–Trinajstić information content (AvgIpc) is 3.08. The lowest BCUT2D eigenvalue weighted by Gasteiger charge is -2.21. The molecule has 1 unspecified atom stereocenters. The van der Waals surface area contributed by atoms with Crippen molar-refractivity contribution in [3.05, 3.63) is 65.2 Å². The van der Waals surface area contributed by atoms with Crippen molar-refractivity contribution >= 4 is 11.7 Å². The first kappa shape index (κ1) is 18.8. The van der Waals surface area contributed by atoms with E-state index in [1.165, 1.54) is 12.7 Å². The summed E-state index contributed by atoms with van der Waals surface area (Å²) >= 11 is 0. The maximum absolute atomic E-state index is 11.7. The number of hydroxylamine groups is 1. The van der Waals surface area contributed by atoms with Crippen LogP contribution in [0.1, 0.15) is 28.4 Å². The minimum Gasteiger partial charge on any atom is -0.493 e. The highest BCUT2D eigenvalue weighted by Gasteiger charge is 2.32. The van der Waals surface area contributed by atoms with Crippen LogP contribution >= 0.6 is 0 Å². The van der Waals surface area contributed by atoms with Crippen LogP contribution in [0.4, 0.5) is 0 Å². The predicted molar refractivity (Wildman–Crippen MR) is 102 cm³/mol. The number of ether oxygens (including phenoxy) is 3. The smallest absolute Gasteiger partial charge is 0.337 e. The van der Waals surface area contributed by atoms with Crippen molar-refractivity contribution in [1.82, 2.24) is 5.48 Å². The van der Waals surface area contributed by atoms with Gasteiger partial charge in [0.1, 0.15) is 12.2 Å². The maximum Gasteiger partial charge on any atom is 0.337 e. The zero-order valence-electron chi connectivity index (χ0n) is 15.9. The number of benzene rings is 2. The Bertz CT molecular complexity index is 859. The molecule has 0 radical (unpaired) electrons. The minimum atomic E-state index is -0.674. The first-order chi connectivity index (χ1) is 12.9. The number of carbonyl (C=O) groups is 1. The summed E-state index contributed by atoms with van der Waals surface area (Å²) in [5.41, 5.74) is 5.80. The highest BCUT2D eigenvalue weighted by molar-refractivity contribution is 5.90. The zero-order chi connectivity index (χ0) is 19.4. The van der Waals surface area contributed by atoms with E-state index in [1.54, 1.807) is 25.3 Å². The summed E-state index contributed by atoms with van der Waals surface area (Å²) in [5.74, 6) is 0.538. The standard InChI is InChI=1S/C21H23NO5/c1-14-5-7-15(8-6-14)17-12-21(2,27-22-17)13-26-19-11-16(20(23)25-4)9-10-18(19)24-3/h5-12,22H,13H2,1-4H3. The molecule has 27 heavy (non-hydrogen) atoms. The molecule has 1 N–H and O–H groups in total. The van der Waals surface area contributed by atoms with Crippen molar-refractivity contribution in [1.29, 1.82) is 0 Å². The summed E-state index contributed by atoms with van der Waals surface area (Å²) in [6, 6.07) is 13.1. The van der Waals surface area contributed by atoms with Crippen LogP contribution in [0.3, 0.4) is 0 Å². The van der Waals surface area contributed by atoms with Gasteiger partial charge in [0, 0.05) is 0 Å². The third-order valence-electron chi connectivity index (χ3n) is 4.31. The molecule has 0 aromatic heterocycles. The molecule has 1 aliphatic rings. The maximum atomic E-state index is 11.7. The van der Waals surface area contributed by atoms with E-state index in [1.807, 2.05) is 44.2 Å². The second kappa shape index (κ2) is 7.72. The molecule has 1 atom stereocenters. The molecule has 0 amide bonds. The summed E-state index contributed by atoms with van der Waals surface area (Å²) in [6.07, 6.45) is 1.98. The van der Waals surface area contributed by atoms with Crippen molar-refractivity contribution in [2.75, 3.05) is 20.8 Å². The SMILES string of the molecule is COC(=O)c1ccc(OC)c(OCC2(C)C=C(c3ccc(C)cc3)NO2)c1. The third kappa shape index (κ3) is 4.23. The van der Waals surface area contributed by atoms with Crippen LogP contribution in [-0.4, -0.2) is 32.4 Å². The predicted octanol–water partition coefficient (Wildman–Crippen LogP) is 3.50. The van der Waals surface area contributed by atoms with Crippen LogP contribution in [0.15, 0.2) is 48.5 Å². The number of hydrogen-bond donors (Lipinski definition) is 1. The first-order valence-electron chi connectivity index (χ1n) is 8.57. The van der Waals surface area contributed by atoms with Crippen LogP contribution in [-0.2, 0) is 9.57 Å². The van der Waals surface area contributed by atoms with Gasteiger partial charge >= 0.3 is 5.97 Å². The van der Waals surface area contributed by atoms with Gasteiger partial charge in [-0.05, 0) is 43.7 Å². The Kier molecular flexibility index (Phi) is 5.37. The fraction of sp³-hybridized carbons (Fsp3) is 0.286. The molecule has 2 aromatic carbocycles. The number of aryl methyl sites for hydroxylation is 1. The van der Waals surface area contributed by atoms with Gasteiger partial charge in [-0.3, -0.25) is 10.3 Å². The van der Waals surface area contributed by atoms with E-state index < -0.39 is 11.6 Å². The topological polar surface area (TPSA) is 66.0 Å². The van der Waals surface area contributed by atoms with E-state index in [0.29, 0.717) is 17.1 Å². The number of carbonyl (C=O) groups excluding carboxylic acids is 1. The molecule has 6 heteroatoms. The minimum absolute atomic E-state index is 0.232. The molecule has 3 rings (SSSR count). The van der Waals surface area contributed by atoms with Gasteiger partial charge in [-0.25, -0.2) is 4.79 Å².